The molecule has 4 aromatic rings. The Hall–Kier alpha value is -4.14. The second-order valence-corrected chi connectivity index (χ2v) is 24.3. The first-order valence-corrected chi connectivity index (χ1v) is 24.5. The van der Waals surface area contributed by atoms with Gasteiger partial charge in [0.25, 0.3) is 0 Å². The van der Waals surface area contributed by atoms with Crippen LogP contribution in [-0.2, 0) is 44.8 Å². The fourth-order valence-electron chi connectivity index (χ4n) is 3.56. The summed E-state index contributed by atoms with van der Waals surface area (Å²) in [6, 6.07) is 16.3. The van der Waals surface area contributed by atoms with Crippen LogP contribution in [0.4, 0.5) is 0 Å². The monoisotopic (exact) mass is 1430 g/mol. The second-order valence-electron chi connectivity index (χ2n) is 24.3. The third-order valence-electron chi connectivity index (χ3n) is 8.33. The predicted molar refractivity (Wildman–Crippen MR) is 283 cm³/mol. The number of carbonyl (C=O) groups is 2. The first-order valence-electron chi connectivity index (χ1n) is 24.5. The molecule has 0 amide bonds. The van der Waals surface area contributed by atoms with Gasteiger partial charge in [-0.25, -0.2) is 0 Å². The van der Waals surface area contributed by atoms with Gasteiger partial charge in [0.1, 0.15) is 23.0 Å². The predicted octanol–water partition coefficient (Wildman–Crippen LogP) is 4.52. The minimum Gasteiger partial charge on any atom is -0.872 e. The van der Waals surface area contributed by atoms with Crippen molar-refractivity contribution in [2.75, 3.05) is 68.1 Å². The van der Waals surface area contributed by atoms with E-state index in [1.54, 1.807) is 0 Å². The Bertz CT molecular complexity index is 1890. The zero-order valence-electron chi connectivity index (χ0n) is 50.6. The van der Waals surface area contributed by atoms with Gasteiger partial charge in [0, 0.05) is 22.3 Å². The van der Waals surface area contributed by atoms with Gasteiger partial charge in [-0.3, -0.25) is 9.59 Å². The van der Waals surface area contributed by atoms with E-state index in [4.69, 9.17) is 18.9 Å². The third kappa shape index (κ3) is 44.7. The van der Waals surface area contributed by atoms with Gasteiger partial charge in [-0.1, -0.05) is 180 Å². The summed E-state index contributed by atoms with van der Waals surface area (Å²) >= 11 is 0. The molecule has 0 radical (unpaired) electrons. The second kappa shape index (κ2) is 40.9. The average molecular weight is 1430 g/mol. The molecule has 18 heteroatoms. The topological polar surface area (TPSA) is 302 Å². The summed E-state index contributed by atoms with van der Waals surface area (Å²) < 4.78 is 19.6. The Balaban J connectivity index is -0.000000205. The van der Waals surface area contributed by atoms with Gasteiger partial charge in [-0.05, 0) is 72.8 Å². The van der Waals surface area contributed by atoms with Crippen LogP contribution in [0.5, 0.6) is 46.0 Å². The largest absolute Gasteiger partial charge is 5.00 e. The van der Waals surface area contributed by atoms with Crippen molar-refractivity contribution in [3.63, 3.8) is 0 Å². The molecule has 0 aliphatic carbocycles. The molecule has 4 aromatic carbocycles. The standard InChI is InChI=1S/2C15H14O5.6C5H11O.2Ta/c2*1-19-9-3-5-11(13(16)7-9)15(18)12-6-4-10(20-2)8-14(12)17;6*1-5(2,3)4-6;;/h2*3-8,16-17H,1-2H3;6*4H2,1-3H3;;/q;;6*-1;2*+5/p-4. The molecule has 0 atom stereocenters. The number of hydrogen-bond acceptors (Lipinski definition) is 16. The van der Waals surface area contributed by atoms with Crippen LogP contribution in [0, 0.1) is 32.5 Å². The normalized spacial score (nSPS) is 10.7. The Morgan fingerprint density at radius 3 is 0.500 bits per heavy atom. The summed E-state index contributed by atoms with van der Waals surface area (Å²) in [5.41, 5.74) is -0.331. The van der Waals surface area contributed by atoms with E-state index in [-0.39, 0.29) is 139 Å². The van der Waals surface area contributed by atoms with Gasteiger partial charge < -0.3 is 70.0 Å². The number of carbonyl (C=O) groups excluding carboxylic acids is 2. The molecule has 0 aromatic heterocycles. The fourth-order valence-corrected chi connectivity index (χ4v) is 3.56. The summed E-state index contributed by atoms with van der Waals surface area (Å²) in [4.78, 5) is 24.4. The van der Waals surface area contributed by atoms with Crippen molar-refractivity contribution in [3.8, 4) is 46.0 Å². The molecule has 78 heavy (non-hydrogen) atoms. The van der Waals surface area contributed by atoms with E-state index >= 15 is 0 Å². The number of hydrogen-bond donors (Lipinski definition) is 0. The smallest absolute Gasteiger partial charge is 0.872 e. The molecule has 0 fully saturated rings. The molecular weight excluding hydrogens is 1340 g/mol. The van der Waals surface area contributed by atoms with E-state index in [1.807, 2.05) is 125 Å². The molecule has 436 valence electrons. The maximum absolute atomic E-state index is 12.2. The quantitative estimate of drug-likeness (QED) is 0.219. The van der Waals surface area contributed by atoms with E-state index in [0.717, 1.165) is 0 Å². The first kappa shape index (κ1) is 85.1. The van der Waals surface area contributed by atoms with Gasteiger partial charge >= 0.3 is 44.8 Å². The van der Waals surface area contributed by atoms with Crippen molar-refractivity contribution >= 4 is 11.6 Å². The number of benzene rings is 4. The van der Waals surface area contributed by atoms with Crippen LogP contribution in [0.3, 0.4) is 0 Å². The number of ether oxygens (including phenoxy) is 4. The fraction of sp³-hybridized carbons (Fsp3) is 0.567. The SMILES string of the molecule is CC(C)(C)C[O-].CC(C)(C)C[O-].CC(C)(C)C[O-].CC(C)(C)C[O-].CC(C)(C)C[O-].CC(C)(C)C[O-].COc1ccc(C(=O)c2ccc(OC)cc2[O-])c([O-])c1.COc1ccc(C(=O)c2ccc(OC)cc2[O-])c([O-])c1.[Ta+5].[Ta+5]. The van der Waals surface area contributed by atoms with Gasteiger partial charge in [0.2, 0.25) is 0 Å². The molecule has 0 aliphatic heterocycles. The molecule has 0 unspecified atom stereocenters. The van der Waals surface area contributed by atoms with Crippen molar-refractivity contribution < 1.29 is 124 Å². The molecule has 0 bridgehead atoms. The molecule has 0 saturated carbocycles. The summed E-state index contributed by atoms with van der Waals surface area (Å²) in [5.74, 6) is -1.68. The number of methoxy groups -OCH3 is 4. The van der Waals surface area contributed by atoms with Gasteiger partial charge in [-0.2, -0.15) is 0 Å². The Morgan fingerprint density at radius 1 is 0.308 bits per heavy atom. The van der Waals surface area contributed by atoms with Gasteiger partial charge in [-0.15, -0.1) is 39.6 Å². The van der Waals surface area contributed by atoms with Crippen molar-refractivity contribution in [1.82, 2.24) is 0 Å². The molecule has 4 rings (SSSR count). The van der Waals surface area contributed by atoms with Crippen LogP contribution in [0.25, 0.3) is 0 Å². The molecule has 0 heterocycles. The maximum Gasteiger partial charge on any atom is 5.00 e. The zero-order valence-corrected chi connectivity index (χ0v) is 57.0. The van der Waals surface area contributed by atoms with Crippen molar-refractivity contribution in [1.29, 1.82) is 0 Å². The van der Waals surface area contributed by atoms with E-state index in [9.17, 15) is 60.7 Å². The van der Waals surface area contributed by atoms with Crippen molar-refractivity contribution in [3.05, 3.63) is 95.1 Å². The van der Waals surface area contributed by atoms with Gasteiger partial charge in [0.05, 0.1) is 28.4 Å². The van der Waals surface area contributed by atoms with E-state index in [1.165, 1.54) is 101 Å². The number of rotatable bonds is 8. The first-order chi connectivity index (χ1) is 34.5. The summed E-state index contributed by atoms with van der Waals surface area (Å²) in [5, 5.41) is 107. The summed E-state index contributed by atoms with van der Waals surface area (Å²) in [7, 11) is 5.70. The molecule has 0 spiro atoms. The van der Waals surface area contributed by atoms with E-state index < -0.39 is 34.6 Å². The van der Waals surface area contributed by atoms with Crippen LogP contribution in [0.1, 0.15) is 156 Å². The maximum atomic E-state index is 12.2. The molecule has 16 nitrogen and oxygen atoms in total. The number of ketones is 2. The van der Waals surface area contributed by atoms with Crippen LogP contribution in [0.2, 0.25) is 0 Å². The van der Waals surface area contributed by atoms with Crippen molar-refractivity contribution in [2.24, 2.45) is 32.5 Å². The van der Waals surface area contributed by atoms with Crippen LogP contribution in [-0.4, -0.2) is 79.6 Å². The Morgan fingerprint density at radius 2 is 0.423 bits per heavy atom. The molecule has 0 saturated heterocycles. The van der Waals surface area contributed by atoms with Crippen LogP contribution < -0.4 is 70.0 Å². The third-order valence-corrected chi connectivity index (χ3v) is 8.33. The van der Waals surface area contributed by atoms with Crippen molar-refractivity contribution in [2.45, 2.75) is 125 Å². The van der Waals surface area contributed by atoms with Crippen LogP contribution >= 0.6 is 0 Å². The molecule has 0 N–H and O–H groups in total. The Kier molecular flexibility index (Phi) is 44.7. The van der Waals surface area contributed by atoms with Crippen LogP contribution in [0.15, 0.2) is 72.8 Å². The minimum absolute atomic E-state index is 0. The minimum atomic E-state index is -0.606. The average Bonchev–Trinajstić information content (AvgIpc) is 3.33. The van der Waals surface area contributed by atoms with E-state index in [0.29, 0.717) is 23.0 Å². The summed E-state index contributed by atoms with van der Waals surface area (Å²) in [6.45, 7) is 34.9. The van der Waals surface area contributed by atoms with Gasteiger partial charge in [0.15, 0.2) is 11.6 Å². The molecule has 0 aliphatic rings. The summed E-state index contributed by atoms with van der Waals surface area (Å²) in [6.07, 6.45) is 0. The molecular formula is C60H90O16Ta2. The zero-order chi connectivity index (χ0) is 60.6. The van der Waals surface area contributed by atoms with E-state index in [2.05, 4.69) is 0 Å². The Labute approximate surface area is 499 Å².